The first-order valence-corrected chi connectivity index (χ1v) is 8.29. The second-order valence-electron chi connectivity index (χ2n) is 5.99. The summed E-state index contributed by atoms with van der Waals surface area (Å²) in [6, 6.07) is 11.9. The Kier molecular flexibility index (Phi) is 4.47. The second-order valence-corrected chi connectivity index (χ2v) is 5.99. The van der Waals surface area contributed by atoms with Crippen LogP contribution in [0, 0.1) is 5.82 Å². The lowest BCUT2D eigenvalue weighted by atomic mass is 10.1. The maximum absolute atomic E-state index is 13.0. The number of aliphatic hydroxyl groups is 1. The van der Waals surface area contributed by atoms with Crippen molar-refractivity contribution in [2.75, 3.05) is 6.61 Å². The van der Waals surface area contributed by atoms with Gasteiger partial charge in [0.25, 0.3) is 11.8 Å². The predicted octanol–water partition coefficient (Wildman–Crippen LogP) is 2.02. The van der Waals surface area contributed by atoms with E-state index in [0.717, 1.165) is 11.1 Å². The van der Waals surface area contributed by atoms with E-state index in [1.54, 1.807) is 0 Å². The van der Waals surface area contributed by atoms with Crippen LogP contribution in [0.2, 0.25) is 0 Å². The summed E-state index contributed by atoms with van der Waals surface area (Å²) in [6.07, 6.45) is 0. The molecule has 1 aliphatic rings. The van der Waals surface area contributed by atoms with Crippen molar-refractivity contribution in [1.82, 2.24) is 15.5 Å². The van der Waals surface area contributed by atoms with Gasteiger partial charge in [-0.1, -0.05) is 29.4 Å². The van der Waals surface area contributed by atoms with Crippen LogP contribution in [0.5, 0.6) is 0 Å². The molecule has 4 rings (SSSR count). The molecular weight excluding hydrogens is 351 g/mol. The van der Waals surface area contributed by atoms with Crippen LogP contribution in [0.3, 0.4) is 0 Å². The van der Waals surface area contributed by atoms with E-state index in [1.807, 2.05) is 24.3 Å². The number of halogens is 1. The zero-order valence-electron chi connectivity index (χ0n) is 14.1. The summed E-state index contributed by atoms with van der Waals surface area (Å²) in [4.78, 5) is 21.0. The van der Waals surface area contributed by atoms with Gasteiger partial charge < -0.3 is 14.9 Å². The number of carbonyl (C=O) groups is 1. The number of benzene rings is 2. The molecule has 3 aromatic rings. The first-order valence-electron chi connectivity index (χ1n) is 8.29. The van der Waals surface area contributed by atoms with E-state index in [1.165, 1.54) is 24.3 Å². The molecule has 0 saturated heterocycles. The van der Waals surface area contributed by atoms with Crippen LogP contribution in [0.25, 0.3) is 0 Å². The second kappa shape index (κ2) is 7.08. The number of rotatable bonds is 5. The molecule has 2 N–H and O–H groups in total. The fourth-order valence-electron chi connectivity index (χ4n) is 2.83. The average molecular weight is 366 g/mol. The first kappa shape index (κ1) is 17.0. The smallest absolute Gasteiger partial charge is 0.251 e. The minimum atomic E-state index is -0.888. The maximum atomic E-state index is 13.0. The van der Waals surface area contributed by atoms with Crippen molar-refractivity contribution in [3.8, 4) is 0 Å². The van der Waals surface area contributed by atoms with Crippen molar-refractivity contribution in [2.24, 2.45) is 4.99 Å². The summed E-state index contributed by atoms with van der Waals surface area (Å²) < 4.78 is 18.2. The molecule has 1 aliphatic heterocycles. The highest BCUT2D eigenvalue weighted by atomic mass is 19.1. The average Bonchev–Trinajstić information content (AvgIpc) is 3.33. The lowest BCUT2D eigenvalue weighted by Crippen LogP contribution is -2.31. The van der Waals surface area contributed by atoms with Gasteiger partial charge in [-0.25, -0.2) is 4.39 Å². The van der Waals surface area contributed by atoms with Crippen molar-refractivity contribution < 1.29 is 18.8 Å². The summed E-state index contributed by atoms with van der Waals surface area (Å²) in [7, 11) is 0. The summed E-state index contributed by atoms with van der Waals surface area (Å²) in [6.45, 7) is 0.109. The molecular formula is C19H15FN4O3. The normalized spacial score (nSPS) is 13.8. The first-order chi connectivity index (χ1) is 13.2. The summed E-state index contributed by atoms with van der Waals surface area (Å²) in [5.74, 6) is -0.568. The van der Waals surface area contributed by atoms with Gasteiger partial charge in [-0.2, -0.15) is 4.98 Å². The minimum Gasteiger partial charge on any atom is -0.394 e. The van der Waals surface area contributed by atoms with Crippen LogP contribution in [-0.4, -0.2) is 33.5 Å². The van der Waals surface area contributed by atoms with Gasteiger partial charge in [0.05, 0.1) is 13.2 Å². The zero-order valence-corrected chi connectivity index (χ0v) is 14.1. The Morgan fingerprint density at radius 3 is 2.78 bits per heavy atom. The predicted molar refractivity (Wildman–Crippen MR) is 93.8 cm³/mol. The molecule has 0 saturated carbocycles. The molecule has 0 fully saturated rings. The van der Waals surface area contributed by atoms with Gasteiger partial charge in [0.1, 0.15) is 17.6 Å². The van der Waals surface area contributed by atoms with Crippen LogP contribution >= 0.6 is 0 Å². The van der Waals surface area contributed by atoms with E-state index in [4.69, 9.17) is 4.52 Å². The maximum Gasteiger partial charge on any atom is 0.251 e. The molecule has 0 unspecified atom stereocenters. The van der Waals surface area contributed by atoms with Gasteiger partial charge >= 0.3 is 0 Å². The molecule has 136 valence electrons. The molecule has 0 bridgehead atoms. The zero-order chi connectivity index (χ0) is 18.8. The summed E-state index contributed by atoms with van der Waals surface area (Å²) in [5.41, 5.74) is 2.87. The lowest BCUT2D eigenvalue weighted by molar-refractivity contribution is 0.0901. The highest BCUT2D eigenvalue weighted by molar-refractivity contribution is 6.12. The number of nitrogens with zero attached hydrogens (tertiary/aromatic N) is 3. The van der Waals surface area contributed by atoms with Crippen molar-refractivity contribution in [3.63, 3.8) is 0 Å². The van der Waals surface area contributed by atoms with Crippen molar-refractivity contribution in [2.45, 2.75) is 12.6 Å². The van der Waals surface area contributed by atoms with Crippen molar-refractivity contribution >= 4 is 11.6 Å². The Bertz CT molecular complexity index is 1010. The van der Waals surface area contributed by atoms with Crippen molar-refractivity contribution in [1.29, 1.82) is 0 Å². The standard InChI is InChI=1S/C19H15FN4O3/c20-13-7-5-11(6-8-13)18(26)22-15(10-25)19-23-17(24-27-19)16-14-4-2-1-3-12(14)9-21-16/h1-8,15,25H,9-10H2,(H,22,26)/t15-/m0/s1. The highest BCUT2D eigenvalue weighted by Gasteiger charge is 2.25. The van der Waals surface area contributed by atoms with E-state index in [0.29, 0.717) is 18.1 Å². The molecule has 1 atom stereocenters. The molecule has 27 heavy (non-hydrogen) atoms. The third-order valence-corrected chi connectivity index (χ3v) is 4.23. The number of carbonyl (C=O) groups excluding carboxylic acids is 1. The number of amides is 1. The van der Waals surface area contributed by atoms with E-state index in [2.05, 4.69) is 20.4 Å². The fourth-order valence-corrected chi connectivity index (χ4v) is 2.83. The van der Waals surface area contributed by atoms with Crippen LogP contribution in [-0.2, 0) is 6.54 Å². The number of hydrogen-bond acceptors (Lipinski definition) is 6. The van der Waals surface area contributed by atoms with Crippen LogP contribution < -0.4 is 5.32 Å². The largest absolute Gasteiger partial charge is 0.394 e. The molecule has 1 amide bonds. The Balaban J connectivity index is 1.53. The topological polar surface area (TPSA) is 101 Å². The molecule has 1 aromatic heterocycles. The number of nitrogens with one attached hydrogen (secondary N) is 1. The molecule has 7 nitrogen and oxygen atoms in total. The molecule has 0 aliphatic carbocycles. The van der Waals surface area contributed by atoms with Gasteiger partial charge in [0, 0.05) is 11.1 Å². The Labute approximate surface area is 153 Å². The van der Waals surface area contributed by atoms with Gasteiger partial charge in [0.15, 0.2) is 0 Å². The Morgan fingerprint density at radius 2 is 2.00 bits per heavy atom. The molecule has 2 heterocycles. The van der Waals surface area contributed by atoms with Gasteiger partial charge in [-0.15, -0.1) is 0 Å². The monoisotopic (exact) mass is 366 g/mol. The Morgan fingerprint density at radius 1 is 1.22 bits per heavy atom. The third-order valence-electron chi connectivity index (χ3n) is 4.23. The van der Waals surface area contributed by atoms with E-state index in [9.17, 15) is 14.3 Å². The highest BCUT2D eigenvalue weighted by Crippen LogP contribution is 2.22. The number of aromatic nitrogens is 2. The van der Waals surface area contributed by atoms with Crippen LogP contribution in [0.15, 0.2) is 58.0 Å². The van der Waals surface area contributed by atoms with E-state index in [-0.39, 0.29) is 11.5 Å². The van der Waals surface area contributed by atoms with E-state index >= 15 is 0 Å². The quantitative estimate of drug-likeness (QED) is 0.720. The fraction of sp³-hybridized carbons (Fsp3) is 0.158. The number of fused-ring (bicyclic) bond motifs is 1. The lowest BCUT2D eigenvalue weighted by Gasteiger charge is -2.12. The van der Waals surface area contributed by atoms with E-state index < -0.39 is 24.4 Å². The molecule has 2 aromatic carbocycles. The number of hydrogen-bond donors (Lipinski definition) is 2. The van der Waals surface area contributed by atoms with Crippen LogP contribution in [0.4, 0.5) is 4.39 Å². The summed E-state index contributed by atoms with van der Waals surface area (Å²) >= 11 is 0. The third kappa shape index (κ3) is 3.34. The Hall–Kier alpha value is -3.39. The molecule has 0 spiro atoms. The van der Waals surface area contributed by atoms with Gasteiger partial charge in [0.2, 0.25) is 5.82 Å². The molecule has 0 radical (unpaired) electrons. The van der Waals surface area contributed by atoms with Crippen LogP contribution in [0.1, 0.15) is 39.2 Å². The van der Waals surface area contributed by atoms with Gasteiger partial charge in [-0.05, 0) is 29.8 Å². The van der Waals surface area contributed by atoms with Gasteiger partial charge in [-0.3, -0.25) is 9.79 Å². The SMILES string of the molecule is O=C(N[C@@H](CO)c1nc(C2=NCc3ccccc32)no1)c1ccc(F)cc1. The summed E-state index contributed by atoms with van der Waals surface area (Å²) in [5, 5.41) is 16.1. The minimum absolute atomic E-state index is 0.0649. The van der Waals surface area contributed by atoms with Crippen molar-refractivity contribution in [3.05, 3.63) is 82.8 Å². The molecule has 8 heteroatoms. The number of aliphatic hydroxyl groups excluding tert-OH is 1. The number of aliphatic imine (C=N–C) groups is 1.